The Kier molecular flexibility index (Phi) is 5.89. The van der Waals surface area contributed by atoms with E-state index in [4.69, 9.17) is 0 Å². The van der Waals surface area contributed by atoms with Crippen LogP contribution in [0, 0.1) is 6.92 Å². The first-order chi connectivity index (χ1) is 11.9. The molecule has 130 valence electrons. The van der Waals surface area contributed by atoms with Crippen LogP contribution in [0.3, 0.4) is 0 Å². The standard InChI is InChI=1S/C19H20N2O4/c1-3-10-20-18(24)14-7-4-13(5-8-14)6-9-15(22)17-16(23)11-12(2)21-19(17)25/h4-9,11H,3,10H2,1-2H3,(H,20,24)(H2,21,23,25)/b9-6+. The van der Waals surface area contributed by atoms with Crippen LogP contribution < -0.4 is 10.9 Å². The van der Waals surface area contributed by atoms with Crippen LogP contribution in [0.5, 0.6) is 5.75 Å². The number of aromatic nitrogens is 1. The lowest BCUT2D eigenvalue weighted by Crippen LogP contribution is -2.23. The second kappa shape index (κ2) is 8.10. The van der Waals surface area contributed by atoms with Gasteiger partial charge in [0, 0.05) is 17.8 Å². The molecule has 1 aromatic carbocycles. The third kappa shape index (κ3) is 4.67. The lowest BCUT2D eigenvalue weighted by molar-refractivity contribution is 0.0953. The number of pyridine rings is 1. The summed E-state index contributed by atoms with van der Waals surface area (Å²) in [6.07, 6.45) is 3.60. The predicted molar refractivity (Wildman–Crippen MR) is 95.9 cm³/mol. The third-order valence-corrected chi connectivity index (χ3v) is 3.53. The Morgan fingerprint density at radius 2 is 1.92 bits per heavy atom. The molecule has 3 N–H and O–H groups in total. The molecule has 6 heteroatoms. The number of benzene rings is 1. The summed E-state index contributed by atoms with van der Waals surface area (Å²) >= 11 is 0. The monoisotopic (exact) mass is 340 g/mol. The minimum absolute atomic E-state index is 0.149. The Bertz CT molecular complexity index is 864. The van der Waals surface area contributed by atoms with Crippen LogP contribution >= 0.6 is 0 Å². The maximum Gasteiger partial charge on any atom is 0.263 e. The van der Waals surface area contributed by atoms with E-state index in [-0.39, 0.29) is 17.2 Å². The zero-order chi connectivity index (χ0) is 18.4. The van der Waals surface area contributed by atoms with Gasteiger partial charge in [-0.2, -0.15) is 0 Å². The highest BCUT2D eigenvalue weighted by atomic mass is 16.3. The van der Waals surface area contributed by atoms with Gasteiger partial charge in [0.1, 0.15) is 11.3 Å². The van der Waals surface area contributed by atoms with Crippen molar-refractivity contribution in [3.05, 3.63) is 69.1 Å². The van der Waals surface area contributed by atoms with E-state index in [1.165, 1.54) is 18.2 Å². The maximum atomic E-state index is 12.1. The summed E-state index contributed by atoms with van der Waals surface area (Å²) in [5.41, 5.74) is 0.778. The van der Waals surface area contributed by atoms with Crippen LogP contribution in [0.1, 0.15) is 45.3 Å². The number of hydrogen-bond donors (Lipinski definition) is 3. The number of ketones is 1. The highest BCUT2D eigenvalue weighted by molar-refractivity contribution is 6.08. The number of carbonyl (C=O) groups is 2. The van der Waals surface area contributed by atoms with E-state index in [9.17, 15) is 19.5 Å². The van der Waals surface area contributed by atoms with Gasteiger partial charge < -0.3 is 15.4 Å². The van der Waals surface area contributed by atoms with Crippen molar-refractivity contribution in [1.29, 1.82) is 0 Å². The number of carbonyl (C=O) groups excluding carboxylic acids is 2. The minimum Gasteiger partial charge on any atom is -0.507 e. The van der Waals surface area contributed by atoms with Gasteiger partial charge in [-0.3, -0.25) is 14.4 Å². The summed E-state index contributed by atoms with van der Waals surface area (Å²) in [7, 11) is 0. The van der Waals surface area contributed by atoms with Gasteiger partial charge in [0.15, 0.2) is 5.78 Å². The Morgan fingerprint density at radius 1 is 1.24 bits per heavy atom. The van der Waals surface area contributed by atoms with Gasteiger partial charge in [-0.25, -0.2) is 0 Å². The maximum absolute atomic E-state index is 12.1. The molecule has 0 bridgehead atoms. The normalized spacial score (nSPS) is 10.8. The summed E-state index contributed by atoms with van der Waals surface area (Å²) in [6, 6.07) is 8.04. The molecule has 25 heavy (non-hydrogen) atoms. The van der Waals surface area contributed by atoms with Gasteiger partial charge in [-0.15, -0.1) is 0 Å². The van der Waals surface area contributed by atoms with Gasteiger partial charge >= 0.3 is 0 Å². The first-order valence-electron chi connectivity index (χ1n) is 7.96. The summed E-state index contributed by atoms with van der Waals surface area (Å²) in [5, 5.41) is 12.6. The Labute approximate surface area is 145 Å². The molecule has 1 heterocycles. The zero-order valence-corrected chi connectivity index (χ0v) is 14.1. The van der Waals surface area contributed by atoms with Crippen molar-refractivity contribution in [3.63, 3.8) is 0 Å². The summed E-state index contributed by atoms with van der Waals surface area (Å²) in [6.45, 7) is 4.20. The van der Waals surface area contributed by atoms with Gasteiger partial charge in [0.05, 0.1) is 0 Å². The lowest BCUT2D eigenvalue weighted by Gasteiger charge is -2.03. The third-order valence-electron chi connectivity index (χ3n) is 3.53. The van der Waals surface area contributed by atoms with Gasteiger partial charge in [0.25, 0.3) is 11.5 Å². The molecule has 2 aromatic rings. The predicted octanol–water partition coefficient (Wildman–Crippen LogP) is 2.42. The van der Waals surface area contributed by atoms with E-state index >= 15 is 0 Å². The number of aryl methyl sites for hydroxylation is 1. The molecular formula is C19H20N2O4. The molecule has 0 spiro atoms. The SMILES string of the molecule is CCCNC(=O)c1ccc(/C=C/C(=O)c2c(O)cc(C)[nH]c2=O)cc1. The van der Waals surface area contributed by atoms with Crippen molar-refractivity contribution >= 4 is 17.8 Å². The van der Waals surface area contributed by atoms with Crippen molar-refractivity contribution in [1.82, 2.24) is 10.3 Å². The van der Waals surface area contributed by atoms with E-state index in [0.29, 0.717) is 23.4 Å². The molecule has 1 amide bonds. The number of rotatable bonds is 6. The average Bonchev–Trinajstić information content (AvgIpc) is 2.57. The minimum atomic E-state index is -0.630. The molecule has 0 saturated heterocycles. The van der Waals surface area contributed by atoms with E-state index < -0.39 is 11.3 Å². The second-order valence-electron chi connectivity index (χ2n) is 5.62. The molecule has 0 saturated carbocycles. The summed E-state index contributed by atoms with van der Waals surface area (Å²) in [5.74, 6) is -1.09. The van der Waals surface area contributed by atoms with E-state index in [1.807, 2.05) is 6.92 Å². The highest BCUT2D eigenvalue weighted by Gasteiger charge is 2.14. The topological polar surface area (TPSA) is 99.3 Å². The Morgan fingerprint density at radius 3 is 2.52 bits per heavy atom. The molecule has 0 aliphatic rings. The number of allylic oxidation sites excluding steroid dienone is 1. The first-order valence-corrected chi connectivity index (χ1v) is 7.96. The number of nitrogens with one attached hydrogen (secondary N) is 2. The van der Waals surface area contributed by atoms with Crippen LogP contribution in [0.15, 0.2) is 41.2 Å². The summed E-state index contributed by atoms with van der Waals surface area (Å²) < 4.78 is 0. The molecule has 0 aliphatic heterocycles. The van der Waals surface area contributed by atoms with Crippen LogP contribution in [0.25, 0.3) is 6.08 Å². The highest BCUT2D eigenvalue weighted by Crippen LogP contribution is 2.15. The van der Waals surface area contributed by atoms with Crippen LogP contribution in [-0.4, -0.2) is 28.3 Å². The fourth-order valence-corrected chi connectivity index (χ4v) is 2.25. The van der Waals surface area contributed by atoms with Crippen molar-refractivity contribution in [2.75, 3.05) is 6.54 Å². The number of hydrogen-bond acceptors (Lipinski definition) is 4. The average molecular weight is 340 g/mol. The zero-order valence-electron chi connectivity index (χ0n) is 14.1. The number of H-pyrrole nitrogens is 1. The van der Waals surface area contributed by atoms with Crippen molar-refractivity contribution < 1.29 is 14.7 Å². The van der Waals surface area contributed by atoms with Crippen molar-refractivity contribution in [2.45, 2.75) is 20.3 Å². The molecule has 1 aromatic heterocycles. The van der Waals surface area contributed by atoms with Crippen LogP contribution in [0.2, 0.25) is 0 Å². The van der Waals surface area contributed by atoms with Gasteiger partial charge in [0.2, 0.25) is 0 Å². The number of aromatic hydroxyl groups is 1. The van der Waals surface area contributed by atoms with E-state index in [1.54, 1.807) is 31.2 Å². The van der Waals surface area contributed by atoms with Gasteiger partial charge in [-0.05, 0) is 43.2 Å². The molecule has 0 unspecified atom stereocenters. The van der Waals surface area contributed by atoms with Gasteiger partial charge in [-0.1, -0.05) is 25.1 Å². The Balaban J connectivity index is 2.13. The van der Waals surface area contributed by atoms with E-state index in [2.05, 4.69) is 10.3 Å². The smallest absolute Gasteiger partial charge is 0.263 e. The number of amides is 1. The first kappa shape index (κ1) is 18.2. The lowest BCUT2D eigenvalue weighted by atomic mass is 10.1. The van der Waals surface area contributed by atoms with Crippen LogP contribution in [-0.2, 0) is 0 Å². The quantitative estimate of drug-likeness (QED) is 0.555. The number of aromatic amines is 1. The summed E-state index contributed by atoms with van der Waals surface area (Å²) in [4.78, 5) is 38.2. The fourth-order valence-electron chi connectivity index (χ4n) is 2.25. The molecule has 0 aliphatic carbocycles. The van der Waals surface area contributed by atoms with Crippen molar-refractivity contribution in [3.8, 4) is 5.75 Å². The van der Waals surface area contributed by atoms with Crippen molar-refractivity contribution in [2.24, 2.45) is 0 Å². The molecule has 0 radical (unpaired) electrons. The second-order valence-corrected chi connectivity index (χ2v) is 5.62. The molecule has 0 atom stereocenters. The molecule has 0 fully saturated rings. The fraction of sp³-hybridized carbons (Fsp3) is 0.211. The molecule has 2 rings (SSSR count). The molecular weight excluding hydrogens is 320 g/mol. The largest absolute Gasteiger partial charge is 0.507 e. The van der Waals surface area contributed by atoms with E-state index in [0.717, 1.165) is 6.42 Å². The van der Waals surface area contributed by atoms with Crippen LogP contribution in [0.4, 0.5) is 0 Å². The molecule has 6 nitrogen and oxygen atoms in total. The Hall–Kier alpha value is -3.15.